The van der Waals surface area contributed by atoms with Crippen LogP contribution in [0.5, 0.6) is 0 Å². The van der Waals surface area contributed by atoms with Gasteiger partial charge in [0.2, 0.25) is 5.88 Å². The molecule has 8 heteroatoms. The summed E-state index contributed by atoms with van der Waals surface area (Å²) in [7, 11) is 1.66. The monoisotopic (exact) mass is 369 g/mol. The number of carboxylic acid groups (broad SMARTS) is 1. The second-order valence-corrected chi connectivity index (χ2v) is 7.51. The van der Waals surface area contributed by atoms with Gasteiger partial charge in [-0.15, -0.1) is 0 Å². The lowest BCUT2D eigenvalue weighted by molar-refractivity contribution is -0.143. The zero-order valence-corrected chi connectivity index (χ0v) is 15.9. The lowest BCUT2D eigenvalue weighted by Gasteiger charge is -2.33. The molecule has 0 aliphatic carbocycles. The molecule has 8 nitrogen and oxygen atoms in total. The number of likely N-dealkylation sites (tertiary alicyclic amines) is 1. The van der Waals surface area contributed by atoms with Crippen molar-refractivity contribution in [3.63, 3.8) is 0 Å². The van der Waals surface area contributed by atoms with Crippen LogP contribution >= 0.6 is 0 Å². The van der Waals surface area contributed by atoms with Crippen LogP contribution in [-0.4, -0.2) is 66.7 Å². The molecule has 3 rings (SSSR count). The van der Waals surface area contributed by atoms with E-state index >= 15 is 0 Å². The van der Waals surface area contributed by atoms with Gasteiger partial charge in [0.05, 0.1) is 12.3 Å². The van der Waals surface area contributed by atoms with Gasteiger partial charge in [-0.2, -0.15) is 0 Å². The molecule has 2 fully saturated rings. The second-order valence-electron chi connectivity index (χ2n) is 7.51. The zero-order chi connectivity index (χ0) is 19.2. The van der Waals surface area contributed by atoms with Crippen molar-refractivity contribution < 1.29 is 23.9 Å². The van der Waals surface area contributed by atoms with E-state index in [1.54, 1.807) is 13.2 Å². The smallest absolute Gasteiger partial charge is 0.320 e. The van der Waals surface area contributed by atoms with Gasteiger partial charge >= 0.3 is 5.97 Å². The van der Waals surface area contributed by atoms with E-state index in [2.05, 4.69) is 10.1 Å². The van der Waals surface area contributed by atoms with E-state index in [1.807, 2.05) is 13.8 Å². The summed E-state index contributed by atoms with van der Waals surface area (Å²) in [5.74, 6) is -0.317. The molecule has 1 aromatic heterocycles. The minimum atomic E-state index is -0.658. The van der Waals surface area contributed by atoms with Gasteiger partial charge in [-0.3, -0.25) is 9.69 Å². The van der Waals surface area contributed by atoms with E-state index < -0.39 is 5.97 Å². The van der Waals surface area contributed by atoms with Crippen molar-refractivity contribution in [1.82, 2.24) is 10.1 Å². The van der Waals surface area contributed by atoms with E-state index in [0.29, 0.717) is 18.5 Å². The van der Waals surface area contributed by atoms with Crippen molar-refractivity contribution in [3.8, 4) is 0 Å². The normalized spacial score (nSPS) is 22.0. The fourth-order valence-electron chi connectivity index (χ4n) is 3.55. The van der Waals surface area contributed by atoms with Crippen LogP contribution in [0.25, 0.3) is 0 Å². The molecule has 26 heavy (non-hydrogen) atoms. The minimum Gasteiger partial charge on any atom is -0.480 e. The van der Waals surface area contributed by atoms with E-state index in [4.69, 9.17) is 24.8 Å². The molecule has 3 heterocycles. The topological polar surface area (TPSA) is 111 Å². The van der Waals surface area contributed by atoms with Crippen molar-refractivity contribution in [2.75, 3.05) is 39.2 Å². The number of anilines is 1. The molecule has 0 aromatic carbocycles. The van der Waals surface area contributed by atoms with Gasteiger partial charge in [0, 0.05) is 37.8 Å². The summed E-state index contributed by atoms with van der Waals surface area (Å²) in [6.45, 7) is 7.16. The first-order chi connectivity index (χ1) is 12.3. The first-order valence-electron chi connectivity index (χ1n) is 9.13. The fraction of sp³-hybridized carbons (Fsp3) is 0.778. The van der Waals surface area contributed by atoms with Crippen molar-refractivity contribution in [2.24, 2.45) is 0 Å². The Morgan fingerprint density at radius 3 is 2.65 bits per heavy atom. The highest BCUT2D eigenvalue weighted by atomic mass is 16.5. The fourth-order valence-corrected chi connectivity index (χ4v) is 3.55. The number of rotatable bonds is 5. The Kier molecular flexibility index (Phi) is 7.43. The third-order valence-corrected chi connectivity index (χ3v) is 4.97. The predicted molar refractivity (Wildman–Crippen MR) is 97.0 cm³/mol. The number of methoxy groups -OCH3 is 1. The predicted octanol–water partition coefficient (Wildman–Crippen LogP) is 1.90. The van der Waals surface area contributed by atoms with Crippen LogP contribution < -0.4 is 5.73 Å². The molecule has 2 aliphatic rings. The number of hydrogen-bond donors (Lipinski definition) is 2. The SMILES string of the molecule is COCC(C)(C)c1cc(N)on1.O=C(O)[C@@H]1CCCN1C1CCOCC1. The average molecular weight is 369 g/mol. The number of carbonyl (C=O) groups is 1. The Labute approximate surface area is 154 Å². The van der Waals surface area contributed by atoms with Crippen LogP contribution in [-0.2, 0) is 19.7 Å². The number of aliphatic carboxylic acids is 1. The number of nitrogen functional groups attached to an aromatic ring is 1. The minimum absolute atomic E-state index is 0.143. The van der Waals surface area contributed by atoms with Crippen LogP contribution in [0.15, 0.2) is 10.6 Å². The maximum Gasteiger partial charge on any atom is 0.320 e. The highest BCUT2D eigenvalue weighted by Gasteiger charge is 2.35. The molecule has 1 atom stereocenters. The summed E-state index contributed by atoms with van der Waals surface area (Å²) in [6, 6.07) is 1.92. The van der Waals surface area contributed by atoms with Crippen LogP contribution in [0.1, 0.15) is 45.2 Å². The Bertz CT molecular complexity index is 569. The van der Waals surface area contributed by atoms with Gasteiger partial charge in [-0.1, -0.05) is 19.0 Å². The molecule has 148 valence electrons. The maximum absolute atomic E-state index is 11.0. The number of nitrogens with two attached hydrogens (primary N) is 1. The molecule has 1 aromatic rings. The van der Waals surface area contributed by atoms with Gasteiger partial charge in [-0.05, 0) is 32.2 Å². The van der Waals surface area contributed by atoms with E-state index in [-0.39, 0.29) is 11.5 Å². The summed E-state index contributed by atoms with van der Waals surface area (Å²) in [5, 5.41) is 12.9. The lowest BCUT2D eigenvalue weighted by Crippen LogP contribution is -2.45. The molecule has 0 bridgehead atoms. The van der Waals surface area contributed by atoms with Crippen molar-refractivity contribution in [1.29, 1.82) is 0 Å². The van der Waals surface area contributed by atoms with Crippen molar-refractivity contribution >= 4 is 11.9 Å². The van der Waals surface area contributed by atoms with E-state index in [1.165, 1.54) is 0 Å². The Morgan fingerprint density at radius 1 is 1.42 bits per heavy atom. The molecular weight excluding hydrogens is 338 g/mol. The number of nitrogens with zero attached hydrogens (tertiary/aromatic N) is 2. The largest absolute Gasteiger partial charge is 0.480 e. The molecular formula is C18H31N3O5. The molecule has 0 spiro atoms. The summed E-state index contributed by atoms with van der Waals surface area (Å²) in [5.41, 5.74) is 6.08. The molecule has 0 unspecified atom stereocenters. The standard InChI is InChI=1S/C10H17NO3.C8H14N2O2/c12-10(13)9-2-1-5-11(9)8-3-6-14-7-4-8;1-8(2,5-11-3)6-4-7(9)12-10-6/h8-9H,1-7H2,(H,12,13);4H,5,9H2,1-3H3/t9-;/m0./s1. The molecule has 0 saturated carbocycles. The summed E-state index contributed by atoms with van der Waals surface area (Å²) in [6.07, 6.45) is 3.81. The number of ether oxygens (including phenoxy) is 2. The molecule has 2 aliphatic heterocycles. The number of aromatic nitrogens is 1. The third kappa shape index (κ3) is 5.43. The summed E-state index contributed by atoms with van der Waals surface area (Å²) in [4.78, 5) is 13.1. The Hall–Kier alpha value is -1.64. The third-order valence-electron chi connectivity index (χ3n) is 4.97. The van der Waals surface area contributed by atoms with Crippen LogP contribution in [0.3, 0.4) is 0 Å². The van der Waals surface area contributed by atoms with Gasteiger partial charge in [0.1, 0.15) is 6.04 Å². The van der Waals surface area contributed by atoms with E-state index in [0.717, 1.165) is 51.1 Å². The summed E-state index contributed by atoms with van der Waals surface area (Å²) >= 11 is 0. The highest BCUT2D eigenvalue weighted by Crippen LogP contribution is 2.25. The van der Waals surface area contributed by atoms with Crippen LogP contribution in [0.4, 0.5) is 5.88 Å². The Balaban J connectivity index is 0.000000190. The summed E-state index contributed by atoms with van der Waals surface area (Å²) < 4.78 is 15.1. The zero-order valence-electron chi connectivity index (χ0n) is 15.9. The van der Waals surface area contributed by atoms with Gasteiger partial charge in [0.15, 0.2) is 0 Å². The van der Waals surface area contributed by atoms with Crippen molar-refractivity contribution in [2.45, 2.75) is 57.0 Å². The van der Waals surface area contributed by atoms with Crippen LogP contribution in [0.2, 0.25) is 0 Å². The molecule has 3 N–H and O–H groups in total. The lowest BCUT2D eigenvalue weighted by atomic mass is 9.91. The number of carboxylic acids is 1. The first-order valence-corrected chi connectivity index (χ1v) is 9.13. The molecule has 2 saturated heterocycles. The maximum atomic E-state index is 11.0. The first kappa shape index (κ1) is 20.7. The van der Waals surface area contributed by atoms with E-state index in [9.17, 15) is 4.79 Å². The van der Waals surface area contributed by atoms with Gasteiger partial charge < -0.3 is 24.8 Å². The van der Waals surface area contributed by atoms with Gasteiger partial charge in [-0.25, -0.2) is 0 Å². The molecule has 0 amide bonds. The quantitative estimate of drug-likeness (QED) is 0.809. The average Bonchev–Trinajstić information content (AvgIpc) is 3.25. The molecule has 0 radical (unpaired) electrons. The van der Waals surface area contributed by atoms with Crippen LogP contribution in [0, 0.1) is 0 Å². The highest BCUT2D eigenvalue weighted by molar-refractivity contribution is 5.73. The Morgan fingerprint density at radius 2 is 2.12 bits per heavy atom. The second kappa shape index (κ2) is 9.34. The number of hydrogen-bond acceptors (Lipinski definition) is 7. The van der Waals surface area contributed by atoms with Crippen molar-refractivity contribution in [3.05, 3.63) is 11.8 Å². The van der Waals surface area contributed by atoms with Gasteiger partial charge in [0.25, 0.3) is 0 Å².